The average molecular weight is 262 g/mol. The summed E-state index contributed by atoms with van der Waals surface area (Å²) >= 11 is 0. The first-order valence-electron chi connectivity index (χ1n) is 7.18. The molecule has 1 aromatic carbocycles. The van der Waals surface area contributed by atoms with Crippen LogP contribution < -0.4 is 15.4 Å². The highest BCUT2D eigenvalue weighted by atomic mass is 16.5. The predicted octanol–water partition coefficient (Wildman–Crippen LogP) is 1.09. The molecule has 1 unspecified atom stereocenters. The molecule has 4 nitrogen and oxygen atoms in total. The van der Waals surface area contributed by atoms with Crippen molar-refractivity contribution in [3.63, 3.8) is 0 Å². The number of hydrogen-bond acceptors (Lipinski definition) is 4. The van der Waals surface area contributed by atoms with E-state index in [0.29, 0.717) is 6.04 Å². The molecule has 3 rings (SSSR count). The summed E-state index contributed by atoms with van der Waals surface area (Å²) in [6, 6.07) is 6.97. The fraction of sp³-hybridized carbons (Fsp3) is 0.600. The second-order valence-corrected chi connectivity index (χ2v) is 5.25. The van der Waals surface area contributed by atoms with Crippen LogP contribution in [0.15, 0.2) is 18.2 Å². The Morgan fingerprint density at radius 2 is 2.32 bits per heavy atom. The second-order valence-electron chi connectivity index (χ2n) is 5.25. The summed E-state index contributed by atoms with van der Waals surface area (Å²) in [5.41, 5.74) is 2.69. The first kappa shape index (κ1) is 12.9. The molecule has 2 heterocycles. The van der Waals surface area contributed by atoms with Gasteiger partial charge in [0.1, 0.15) is 5.75 Å². The number of rotatable bonds is 4. The van der Waals surface area contributed by atoms with Gasteiger partial charge < -0.3 is 20.1 Å². The number of nitrogens with one attached hydrogen (secondary N) is 2. The molecule has 19 heavy (non-hydrogen) atoms. The van der Waals surface area contributed by atoms with Gasteiger partial charge in [-0.25, -0.2) is 0 Å². The molecule has 4 heteroatoms. The molecule has 0 amide bonds. The van der Waals surface area contributed by atoms with E-state index in [-0.39, 0.29) is 0 Å². The first-order chi connectivity index (χ1) is 9.42. The fourth-order valence-electron chi connectivity index (χ4n) is 2.67. The quantitative estimate of drug-likeness (QED) is 0.852. The van der Waals surface area contributed by atoms with E-state index in [0.717, 1.165) is 58.0 Å². The molecule has 1 saturated heterocycles. The van der Waals surface area contributed by atoms with Gasteiger partial charge in [0, 0.05) is 25.7 Å². The summed E-state index contributed by atoms with van der Waals surface area (Å²) < 4.78 is 11.1. The smallest absolute Gasteiger partial charge is 0.122 e. The third-order valence-electron chi connectivity index (χ3n) is 3.69. The summed E-state index contributed by atoms with van der Waals surface area (Å²) in [5.74, 6) is 1.07. The summed E-state index contributed by atoms with van der Waals surface area (Å²) in [6.07, 6.45) is 2.27. The van der Waals surface area contributed by atoms with Crippen molar-refractivity contribution in [2.45, 2.75) is 25.4 Å². The molecule has 1 aromatic rings. The van der Waals surface area contributed by atoms with Gasteiger partial charge in [0.2, 0.25) is 0 Å². The van der Waals surface area contributed by atoms with E-state index in [1.165, 1.54) is 11.1 Å². The number of ether oxygens (including phenoxy) is 2. The van der Waals surface area contributed by atoms with E-state index >= 15 is 0 Å². The van der Waals surface area contributed by atoms with Gasteiger partial charge in [0.05, 0.1) is 19.8 Å². The van der Waals surface area contributed by atoms with Crippen molar-refractivity contribution < 1.29 is 9.47 Å². The first-order valence-corrected chi connectivity index (χ1v) is 7.18. The molecular formula is C15H22N2O2. The Kier molecular flexibility index (Phi) is 4.33. The molecule has 104 valence electrons. The second kappa shape index (κ2) is 6.37. The average Bonchev–Trinajstić information content (AvgIpc) is 2.48. The summed E-state index contributed by atoms with van der Waals surface area (Å²) in [6.45, 7) is 5.33. The number of morpholine rings is 1. The summed E-state index contributed by atoms with van der Waals surface area (Å²) in [5, 5.41) is 6.94. The number of aryl methyl sites for hydroxylation is 1. The van der Waals surface area contributed by atoms with Crippen LogP contribution in [0.2, 0.25) is 0 Å². The molecule has 1 fully saturated rings. The van der Waals surface area contributed by atoms with Crippen LogP contribution in [0.4, 0.5) is 0 Å². The standard InChI is InChI=1S/C15H22N2O2/c1-2-13-8-12(3-4-15(13)19-6-1)9-16-10-14-11-18-7-5-17-14/h3-4,8,14,16-17H,1-2,5-7,9-11H2. The maximum atomic E-state index is 5.63. The fourth-order valence-corrected chi connectivity index (χ4v) is 2.67. The van der Waals surface area contributed by atoms with Gasteiger partial charge in [-0.15, -0.1) is 0 Å². The zero-order valence-corrected chi connectivity index (χ0v) is 11.3. The van der Waals surface area contributed by atoms with Crippen molar-refractivity contribution >= 4 is 0 Å². The lowest BCUT2D eigenvalue weighted by atomic mass is 10.0. The third kappa shape index (κ3) is 3.47. The molecule has 0 aromatic heterocycles. The normalized spacial score (nSPS) is 22.6. The largest absolute Gasteiger partial charge is 0.493 e. The SMILES string of the molecule is c1cc2c(cc1CNCC1COCCN1)CCCO2. The van der Waals surface area contributed by atoms with Crippen LogP contribution in [0.3, 0.4) is 0 Å². The predicted molar refractivity (Wildman–Crippen MR) is 74.6 cm³/mol. The minimum absolute atomic E-state index is 0.440. The molecule has 0 radical (unpaired) electrons. The molecule has 2 aliphatic rings. The van der Waals surface area contributed by atoms with Crippen molar-refractivity contribution in [2.75, 3.05) is 32.9 Å². The van der Waals surface area contributed by atoms with Crippen LogP contribution in [-0.4, -0.2) is 39.0 Å². The lowest BCUT2D eigenvalue weighted by Gasteiger charge is -2.24. The Bertz CT molecular complexity index is 417. The minimum Gasteiger partial charge on any atom is -0.493 e. The lowest BCUT2D eigenvalue weighted by molar-refractivity contribution is 0.0766. The van der Waals surface area contributed by atoms with Gasteiger partial charge >= 0.3 is 0 Å². The zero-order valence-electron chi connectivity index (χ0n) is 11.3. The van der Waals surface area contributed by atoms with Crippen molar-refractivity contribution in [3.8, 4) is 5.75 Å². The van der Waals surface area contributed by atoms with Crippen LogP contribution in [-0.2, 0) is 17.7 Å². The van der Waals surface area contributed by atoms with Crippen LogP contribution in [0.5, 0.6) is 5.75 Å². The minimum atomic E-state index is 0.440. The van der Waals surface area contributed by atoms with Crippen molar-refractivity contribution in [3.05, 3.63) is 29.3 Å². The molecule has 0 saturated carbocycles. The Hall–Kier alpha value is -1.10. The Morgan fingerprint density at radius 1 is 1.32 bits per heavy atom. The topological polar surface area (TPSA) is 42.5 Å². The number of fused-ring (bicyclic) bond motifs is 1. The Balaban J connectivity index is 1.49. The Morgan fingerprint density at radius 3 is 3.21 bits per heavy atom. The van der Waals surface area contributed by atoms with Crippen LogP contribution in [0, 0.1) is 0 Å². The molecule has 0 aliphatic carbocycles. The molecule has 2 aliphatic heterocycles. The lowest BCUT2D eigenvalue weighted by Crippen LogP contribution is -2.47. The van der Waals surface area contributed by atoms with Crippen LogP contribution in [0.1, 0.15) is 17.5 Å². The van der Waals surface area contributed by atoms with E-state index in [1.54, 1.807) is 0 Å². The summed E-state index contributed by atoms with van der Waals surface area (Å²) in [4.78, 5) is 0. The van der Waals surface area contributed by atoms with Gasteiger partial charge in [-0.1, -0.05) is 12.1 Å². The molecule has 1 atom stereocenters. The number of benzene rings is 1. The van der Waals surface area contributed by atoms with E-state index in [4.69, 9.17) is 9.47 Å². The highest BCUT2D eigenvalue weighted by Gasteiger charge is 2.13. The zero-order chi connectivity index (χ0) is 12.9. The van der Waals surface area contributed by atoms with Crippen molar-refractivity contribution in [2.24, 2.45) is 0 Å². The van der Waals surface area contributed by atoms with Gasteiger partial charge in [0.15, 0.2) is 0 Å². The molecule has 2 N–H and O–H groups in total. The Labute approximate surface area is 114 Å². The maximum absolute atomic E-state index is 5.63. The third-order valence-corrected chi connectivity index (χ3v) is 3.69. The van der Waals surface area contributed by atoms with E-state index < -0.39 is 0 Å². The molecule has 0 spiro atoms. The van der Waals surface area contributed by atoms with Gasteiger partial charge in [-0.05, 0) is 30.0 Å². The molecular weight excluding hydrogens is 240 g/mol. The van der Waals surface area contributed by atoms with Crippen molar-refractivity contribution in [1.82, 2.24) is 10.6 Å². The molecule has 0 bridgehead atoms. The van der Waals surface area contributed by atoms with Gasteiger partial charge in [-0.2, -0.15) is 0 Å². The van der Waals surface area contributed by atoms with E-state index in [2.05, 4.69) is 28.8 Å². The van der Waals surface area contributed by atoms with E-state index in [9.17, 15) is 0 Å². The number of hydrogen-bond donors (Lipinski definition) is 2. The summed E-state index contributed by atoms with van der Waals surface area (Å²) in [7, 11) is 0. The van der Waals surface area contributed by atoms with Crippen LogP contribution >= 0.6 is 0 Å². The van der Waals surface area contributed by atoms with Gasteiger partial charge in [-0.3, -0.25) is 0 Å². The van der Waals surface area contributed by atoms with Crippen molar-refractivity contribution in [1.29, 1.82) is 0 Å². The van der Waals surface area contributed by atoms with Crippen LogP contribution in [0.25, 0.3) is 0 Å². The highest BCUT2D eigenvalue weighted by molar-refractivity contribution is 5.38. The monoisotopic (exact) mass is 262 g/mol. The van der Waals surface area contributed by atoms with Gasteiger partial charge in [0.25, 0.3) is 0 Å². The maximum Gasteiger partial charge on any atom is 0.122 e. The van der Waals surface area contributed by atoms with E-state index in [1.807, 2.05) is 0 Å². The highest BCUT2D eigenvalue weighted by Crippen LogP contribution is 2.25.